The molecule has 11 unspecified atom stereocenters. The van der Waals surface area contributed by atoms with Crippen molar-refractivity contribution in [2.45, 2.75) is 86.4 Å². The Morgan fingerprint density at radius 2 is 1.74 bits per heavy atom. The van der Waals surface area contributed by atoms with Crippen molar-refractivity contribution in [3.05, 3.63) is 0 Å². The van der Waals surface area contributed by atoms with E-state index in [-0.39, 0.29) is 6.10 Å². The molecule has 2 fully saturated rings. The van der Waals surface area contributed by atoms with E-state index in [1.54, 1.807) is 0 Å². The van der Waals surface area contributed by atoms with Gasteiger partial charge in [-0.15, -0.1) is 0 Å². The standard InChI is InChI=1S/C21H37I2NO3/c1-6-14-7-11(3)20(13(5)18(14)22)27-17-8-10(2)15(12(4)19(17)23)9-16(24)21(25)26/h10-20H,6-9,24H2,1-5H3,(H,25,26). The van der Waals surface area contributed by atoms with Crippen LogP contribution in [0.1, 0.15) is 60.3 Å². The lowest BCUT2D eigenvalue weighted by Gasteiger charge is -2.48. The summed E-state index contributed by atoms with van der Waals surface area (Å²) >= 11 is 5.19. The molecule has 0 amide bonds. The fourth-order valence-corrected chi connectivity index (χ4v) is 7.67. The number of carboxylic acids is 1. The Labute approximate surface area is 192 Å². The normalized spacial score (nSPS) is 46.8. The predicted octanol–water partition coefficient (Wildman–Crippen LogP) is 5.14. The Balaban J connectivity index is 2.05. The first-order valence-electron chi connectivity index (χ1n) is 10.5. The lowest BCUT2D eigenvalue weighted by molar-refractivity contribution is -0.139. The molecule has 0 aromatic carbocycles. The highest BCUT2D eigenvalue weighted by atomic mass is 127. The number of carboxylic acid groups (broad SMARTS) is 1. The predicted molar refractivity (Wildman–Crippen MR) is 128 cm³/mol. The summed E-state index contributed by atoms with van der Waals surface area (Å²) in [7, 11) is 0. The van der Waals surface area contributed by atoms with E-state index in [0.29, 0.717) is 50.0 Å². The molecule has 2 rings (SSSR count). The smallest absolute Gasteiger partial charge is 0.320 e. The van der Waals surface area contributed by atoms with Crippen molar-refractivity contribution in [2.24, 2.45) is 41.2 Å². The van der Waals surface area contributed by atoms with Gasteiger partial charge < -0.3 is 15.6 Å². The van der Waals surface area contributed by atoms with Gasteiger partial charge in [0.2, 0.25) is 0 Å². The number of ether oxygens (including phenoxy) is 1. The van der Waals surface area contributed by atoms with Crippen molar-refractivity contribution >= 4 is 51.2 Å². The number of alkyl halides is 2. The lowest BCUT2D eigenvalue weighted by atomic mass is 9.69. The molecule has 0 heterocycles. The van der Waals surface area contributed by atoms with Crippen LogP contribution in [0, 0.1) is 35.5 Å². The van der Waals surface area contributed by atoms with Crippen LogP contribution in [0.2, 0.25) is 0 Å². The first kappa shape index (κ1) is 24.1. The van der Waals surface area contributed by atoms with Crippen molar-refractivity contribution in [1.29, 1.82) is 0 Å². The van der Waals surface area contributed by atoms with Crippen molar-refractivity contribution in [3.63, 3.8) is 0 Å². The van der Waals surface area contributed by atoms with E-state index < -0.39 is 12.0 Å². The Morgan fingerprint density at radius 1 is 1.11 bits per heavy atom. The maximum atomic E-state index is 11.2. The second-order valence-corrected chi connectivity index (χ2v) is 12.1. The first-order chi connectivity index (χ1) is 12.6. The molecule has 0 aromatic rings. The van der Waals surface area contributed by atoms with E-state index in [4.69, 9.17) is 10.5 Å². The number of hydrogen-bond donors (Lipinski definition) is 2. The highest BCUT2D eigenvalue weighted by molar-refractivity contribution is 14.1. The van der Waals surface area contributed by atoms with Crippen LogP contribution in [-0.2, 0) is 9.53 Å². The zero-order valence-corrected chi connectivity index (χ0v) is 21.6. The van der Waals surface area contributed by atoms with E-state index in [9.17, 15) is 9.90 Å². The van der Waals surface area contributed by atoms with Crippen LogP contribution < -0.4 is 5.73 Å². The van der Waals surface area contributed by atoms with Crippen molar-refractivity contribution in [1.82, 2.24) is 0 Å². The van der Waals surface area contributed by atoms with Gasteiger partial charge in [-0.3, -0.25) is 4.79 Å². The van der Waals surface area contributed by atoms with Crippen LogP contribution in [0.5, 0.6) is 0 Å². The quantitative estimate of drug-likeness (QED) is 0.325. The number of rotatable bonds is 6. The molecule has 0 radical (unpaired) electrons. The summed E-state index contributed by atoms with van der Waals surface area (Å²) < 4.78 is 7.90. The number of nitrogens with two attached hydrogens (primary N) is 1. The molecule has 2 aliphatic rings. The molecule has 3 N–H and O–H groups in total. The Bertz CT molecular complexity index is 506. The third-order valence-corrected chi connectivity index (χ3v) is 11.4. The van der Waals surface area contributed by atoms with E-state index in [2.05, 4.69) is 79.8 Å². The maximum Gasteiger partial charge on any atom is 0.320 e. The van der Waals surface area contributed by atoms with Crippen LogP contribution in [0.15, 0.2) is 0 Å². The average molecular weight is 605 g/mol. The molecule has 0 bridgehead atoms. The van der Waals surface area contributed by atoms with Crippen LogP contribution in [0.25, 0.3) is 0 Å². The summed E-state index contributed by atoms with van der Waals surface area (Å²) in [5.74, 6) is 2.29. The van der Waals surface area contributed by atoms with E-state index >= 15 is 0 Å². The fraction of sp³-hybridized carbons (Fsp3) is 0.952. The number of carbonyl (C=O) groups is 1. The summed E-state index contributed by atoms with van der Waals surface area (Å²) in [6.07, 6.45) is 4.67. The van der Waals surface area contributed by atoms with Gasteiger partial charge in [0.05, 0.1) is 12.2 Å². The van der Waals surface area contributed by atoms with Gasteiger partial charge in [0.25, 0.3) is 0 Å². The average Bonchev–Trinajstić information content (AvgIpc) is 2.62. The van der Waals surface area contributed by atoms with Gasteiger partial charge in [-0.2, -0.15) is 0 Å². The second kappa shape index (κ2) is 10.2. The topological polar surface area (TPSA) is 72.5 Å². The van der Waals surface area contributed by atoms with Gasteiger partial charge in [0.15, 0.2) is 0 Å². The van der Waals surface area contributed by atoms with Gasteiger partial charge in [-0.25, -0.2) is 0 Å². The largest absolute Gasteiger partial charge is 0.480 e. The van der Waals surface area contributed by atoms with Crippen molar-refractivity contribution in [2.75, 3.05) is 0 Å². The molecule has 2 aliphatic carbocycles. The van der Waals surface area contributed by atoms with Crippen LogP contribution >= 0.6 is 45.2 Å². The molecule has 11 atom stereocenters. The number of aliphatic carboxylic acids is 1. The van der Waals surface area contributed by atoms with Gasteiger partial charge in [-0.1, -0.05) is 86.2 Å². The highest BCUT2D eigenvalue weighted by Gasteiger charge is 2.45. The molecule has 4 nitrogen and oxygen atoms in total. The fourth-order valence-electron chi connectivity index (χ4n) is 5.46. The molecule has 6 heteroatoms. The molecule has 0 spiro atoms. The van der Waals surface area contributed by atoms with Crippen molar-refractivity contribution in [3.8, 4) is 0 Å². The number of hydrogen-bond acceptors (Lipinski definition) is 3. The van der Waals surface area contributed by atoms with Gasteiger partial charge in [-0.05, 0) is 54.8 Å². The molecule has 0 aromatic heterocycles. The molecule has 27 heavy (non-hydrogen) atoms. The van der Waals surface area contributed by atoms with Crippen LogP contribution in [0.4, 0.5) is 0 Å². The number of halogens is 2. The first-order valence-corrected chi connectivity index (χ1v) is 13.0. The summed E-state index contributed by atoms with van der Waals surface area (Å²) in [6, 6.07) is -0.759. The summed E-state index contributed by atoms with van der Waals surface area (Å²) in [4.78, 5) is 11.2. The zero-order valence-electron chi connectivity index (χ0n) is 17.3. The Hall–Kier alpha value is 0.850. The van der Waals surface area contributed by atoms with E-state index in [1.165, 1.54) is 12.8 Å². The minimum Gasteiger partial charge on any atom is -0.480 e. The van der Waals surface area contributed by atoms with Crippen LogP contribution in [0.3, 0.4) is 0 Å². The van der Waals surface area contributed by atoms with Crippen LogP contribution in [-0.4, -0.2) is 37.2 Å². The molecular formula is C21H37I2NO3. The molecule has 0 saturated heterocycles. The van der Waals surface area contributed by atoms with Crippen molar-refractivity contribution < 1.29 is 14.6 Å². The van der Waals surface area contributed by atoms with Gasteiger partial charge >= 0.3 is 5.97 Å². The van der Waals surface area contributed by atoms with Gasteiger partial charge in [0.1, 0.15) is 6.04 Å². The summed E-state index contributed by atoms with van der Waals surface area (Å²) in [5, 5.41) is 9.19. The molecule has 2 saturated carbocycles. The van der Waals surface area contributed by atoms with E-state index in [0.717, 1.165) is 12.3 Å². The summed E-state index contributed by atoms with van der Waals surface area (Å²) in [5.41, 5.74) is 5.85. The third kappa shape index (κ3) is 5.51. The summed E-state index contributed by atoms with van der Waals surface area (Å²) in [6.45, 7) is 11.5. The second-order valence-electron chi connectivity index (χ2n) is 9.18. The minimum atomic E-state index is -0.888. The lowest BCUT2D eigenvalue weighted by Crippen LogP contribution is -2.50. The molecular weight excluding hydrogens is 568 g/mol. The highest BCUT2D eigenvalue weighted by Crippen LogP contribution is 2.46. The zero-order chi connectivity index (χ0) is 20.5. The maximum absolute atomic E-state index is 11.2. The molecule has 0 aliphatic heterocycles. The van der Waals surface area contributed by atoms with E-state index in [1.807, 2.05) is 0 Å². The SMILES string of the molecule is CCC1CC(C)C(OC2CC(C)C(CC(N)C(=O)O)C(C)C2I)C(C)C1I. The Morgan fingerprint density at radius 3 is 2.30 bits per heavy atom. The monoisotopic (exact) mass is 605 g/mol. The van der Waals surface area contributed by atoms with Gasteiger partial charge in [0, 0.05) is 7.85 Å². The molecule has 158 valence electrons. The Kier molecular flexibility index (Phi) is 9.15. The third-order valence-electron chi connectivity index (χ3n) is 7.27. The minimum absolute atomic E-state index is 0.254.